The van der Waals surface area contributed by atoms with Crippen molar-refractivity contribution < 1.29 is 20.1 Å². The molecule has 0 unspecified atom stereocenters. The zero-order valence-electron chi connectivity index (χ0n) is 28.9. The highest BCUT2D eigenvalue weighted by molar-refractivity contribution is 5.37. The molecule has 1 heterocycles. The molecule has 242 valence electrons. The van der Waals surface area contributed by atoms with Crippen LogP contribution in [0.3, 0.4) is 0 Å². The summed E-state index contributed by atoms with van der Waals surface area (Å²) in [7, 11) is 0. The van der Waals surface area contributed by atoms with Crippen LogP contribution < -0.4 is 0 Å². The van der Waals surface area contributed by atoms with Gasteiger partial charge < -0.3 is 20.1 Å². The van der Waals surface area contributed by atoms with E-state index in [4.69, 9.17) is 4.74 Å². The number of fused-ring (bicyclic) bond motifs is 1. The van der Waals surface area contributed by atoms with Gasteiger partial charge in [0.15, 0.2) is 0 Å². The van der Waals surface area contributed by atoms with E-state index in [0.717, 1.165) is 28.7 Å². The first-order valence-electron chi connectivity index (χ1n) is 16.2. The van der Waals surface area contributed by atoms with Gasteiger partial charge >= 0.3 is 0 Å². The highest BCUT2D eigenvalue weighted by atomic mass is 16.6. The maximum absolute atomic E-state index is 10.9. The molecule has 3 fully saturated rings. The third-order valence-corrected chi connectivity index (χ3v) is 9.83. The molecular weight excluding hydrogens is 544 g/mol. The Balaban J connectivity index is 1.50. The Labute approximate surface area is 267 Å². The van der Waals surface area contributed by atoms with Crippen molar-refractivity contribution >= 4 is 0 Å². The van der Waals surface area contributed by atoms with Gasteiger partial charge in [-0.3, -0.25) is 0 Å². The molecule has 2 saturated carbocycles. The third kappa shape index (κ3) is 8.81. The van der Waals surface area contributed by atoms with Gasteiger partial charge in [-0.1, -0.05) is 129 Å². The normalized spacial score (nSPS) is 36.8. The average Bonchev–Trinajstić information content (AvgIpc) is 3.49. The topological polar surface area (TPSA) is 73.2 Å². The first-order chi connectivity index (χ1) is 20.3. The summed E-state index contributed by atoms with van der Waals surface area (Å²) in [5.74, 6) is -0.0137. The van der Waals surface area contributed by atoms with Crippen LogP contribution >= 0.6 is 0 Å². The Morgan fingerprint density at radius 3 is 1.61 bits per heavy atom. The summed E-state index contributed by atoms with van der Waals surface area (Å²) in [5.41, 5.74) is 2.84. The number of aliphatic hydroxyl groups is 3. The van der Waals surface area contributed by atoms with E-state index >= 15 is 0 Å². The Bertz CT molecular complexity index is 1290. The number of hydrogen-bond donors (Lipinski definition) is 3. The third-order valence-electron chi connectivity index (χ3n) is 9.83. The summed E-state index contributed by atoms with van der Waals surface area (Å²) >= 11 is 0. The molecule has 44 heavy (non-hydrogen) atoms. The van der Waals surface area contributed by atoms with Crippen molar-refractivity contribution in [3.63, 3.8) is 0 Å². The van der Waals surface area contributed by atoms with Gasteiger partial charge in [0, 0.05) is 24.2 Å². The molecule has 0 amide bonds. The van der Waals surface area contributed by atoms with E-state index in [-0.39, 0.29) is 34.1 Å². The molecule has 2 aliphatic carbocycles. The van der Waals surface area contributed by atoms with E-state index < -0.39 is 11.7 Å². The lowest BCUT2D eigenvalue weighted by molar-refractivity contribution is -0.111. The van der Waals surface area contributed by atoms with Gasteiger partial charge in [-0.05, 0) is 65.9 Å². The maximum atomic E-state index is 10.9. The van der Waals surface area contributed by atoms with Crippen LogP contribution in [-0.2, 0) is 4.74 Å². The molecule has 6 atom stereocenters. The van der Waals surface area contributed by atoms with Crippen LogP contribution in [0.25, 0.3) is 0 Å². The molecule has 0 spiro atoms. The molecule has 0 radical (unpaired) electrons. The maximum Gasteiger partial charge on any atom is 0.121 e. The SMILES string of the molecule is CC(/C=C/C=C(C)/C=C/[C@H]1C(C)(C)C[C@@H](O)C[C@]1(C)O)=C\C=C\C=C(C)\C=C\C=C(C)\C=C\[C@]12O[C@@]1(C)C[C@@H](O)CC2(C)C. The number of ether oxygens (including phenoxy) is 1. The van der Waals surface area contributed by atoms with Crippen LogP contribution in [0.15, 0.2) is 107 Å². The summed E-state index contributed by atoms with van der Waals surface area (Å²) in [6.07, 6.45) is 31.1. The summed E-state index contributed by atoms with van der Waals surface area (Å²) < 4.78 is 6.24. The van der Waals surface area contributed by atoms with Gasteiger partial charge in [-0.25, -0.2) is 0 Å². The fourth-order valence-corrected chi connectivity index (χ4v) is 7.63. The van der Waals surface area contributed by atoms with Crippen molar-refractivity contribution in [1.82, 2.24) is 0 Å². The van der Waals surface area contributed by atoms with Gasteiger partial charge in [-0.2, -0.15) is 0 Å². The molecule has 0 aromatic heterocycles. The number of epoxide rings is 1. The van der Waals surface area contributed by atoms with Crippen LogP contribution in [0.4, 0.5) is 0 Å². The summed E-state index contributed by atoms with van der Waals surface area (Å²) in [5, 5.41) is 31.3. The van der Waals surface area contributed by atoms with Crippen LogP contribution in [0.1, 0.15) is 94.9 Å². The largest absolute Gasteiger partial charge is 0.393 e. The molecular formula is C40H58O4. The van der Waals surface area contributed by atoms with E-state index in [9.17, 15) is 15.3 Å². The standard InChI is InChI=1S/C40H58O4/c1-29(17-13-19-31(3)21-22-35-36(5,6)25-33(41)27-38(35,9)43)15-11-12-16-30(2)18-14-20-32(4)23-24-40-37(7,8)26-34(42)28-39(40,10)44-40/h11-24,33-35,41-43H,25-28H2,1-10H3/b12-11+,17-13+,18-14+,22-21+,24-23+,29-15+,30-16+,31-19+,32-20+/t33-,34+,35+,38+,39+,40-/m1/s1. The van der Waals surface area contributed by atoms with Gasteiger partial charge in [0.05, 0.1) is 17.8 Å². The lowest BCUT2D eigenvalue weighted by Gasteiger charge is -2.48. The van der Waals surface area contributed by atoms with E-state index in [1.54, 1.807) is 0 Å². The van der Waals surface area contributed by atoms with Crippen molar-refractivity contribution in [2.75, 3.05) is 0 Å². The van der Waals surface area contributed by atoms with Gasteiger partial charge in [0.25, 0.3) is 0 Å². The molecule has 1 aliphatic heterocycles. The van der Waals surface area contributed by atoms with Crippen molar-refractivity contribution in [2.24, 2.45) is 16.7 Å². The van der Waals surface area contributed by atoms with E-state index in [2.05, 4.69) is 135 Å². The Hall–Kier alpha value is -2.50. The second kappa shape index (κ2) is 13.9. The van der Waals surface area contributed by atoms with E-state index in [1.165, 1.54) is 0 Å². The van der Waals surface area contributed by atoms with Crippen molar-refractivity contribution in [3.05, 3.63) is 107 Å². The summed E-state index contributed by atoms with van der Waals surface area (Å²) in [6, 6.07) is 0. The molecule has 1 saturated heterocycles. The van der Waals surface area contributed by atoms with Gasteiger partial charge in [0.2, 0.25) is 0 Å². The lowest BCUT2D eigenvalue weighted by Crippen LogP contribution is -2.50. The van der Waals surface area contributed by atoms with Gasteiger partial charge in [0.1, 0.15) is 11.2 Å². The van der Waals surface area contributed by atoms with Gasteiger partial charge in [-0.15, -0.1) is 0 Å². The fraction of sp³-hybridized carbons (Fsp3) is 0.550. The highest BCUT2D eigenvalue weighted by Crippen LogP contribution is 2.66. The zero-order chi connectivity index (χ0) is 33.0. The monoisotopic (exact) mass is 602 g/mol. The first-order valence-corrected chi connectivity index (χ1v) is 16.2. The van der Waals surface area contributed by atoms with Crippen LogP contribution in [-0.4, -0.2) is 44.3 Å². The molecule has 0 aromatic rings. The minimum absolute atomic E-state index is 0.0137. The lowest BCUT2D eigenvalue weighted by atomic mass is 9.61. The minimum Gasteiger partial charge on any atom is -0.393 e. The summed E-state index contributed by atoms with van der Waals surface area (Å²) in [4.78, 5) is 0. The molecule has 4 nitrogen and oxygen atoms in total. The number of hydrogen-bond acceptors (Lipinski definition) is 4. The first kappa shape index (κ1) is 36.0. The van der Waals surface area contributed by atoms with E-state index in [1.807, 2.05) is 19.1 Å². The van der Waals surface area contributed by atoms with Crippen LogP contribution in [0.2, 0.25) is 0 Å². The van der Waals surface area contributed by atoms with Crippen molar-refractivity contribution in [1.29, 1.82) is 0 Å². The molecule has 0 bridgehead atoms. The zero-order valence-corrected chi connectivity index (χ0v) is 28.9. The second-order valence-electron chi connectivity index (χ2n) is 15.3. The molecule has 0 aromatic carbocycles. The van der Waals surface area contributed by atoms with Crippen LogP contribution in [0, 0.1) is 16.7 Å². The minimum atomic E-state index is -0.915. The van der Waals surface area contributed by atoms with E-state index in [0.29, 0.717) is 19.3 Å². The van der Waals surface area contributed by atoms with Crippen molar-refractivity contribution in [2.45, 2.75) is 124 Å². The number of aliphatic hydroxyl groups excluding tert-OH is 2. The van der Waals surface area contributed by atoms with Crippen molar-refractivity contribution in [3.8, 4) is 0 Å². The Kier molecular flexibility index (Phi) is 11.3. The number of rotatable bonds is 10. The van der Waals surface area contributed by atoms with Crippen LogP contribution in [0.5, 0.6) is 0 Å². The smallest absolute Gasteiger partial charge is 0.121 e. The predicted octanol–water partition coefficient (Wildman–Crippen LogP) is 8.81. The molecule has 3 N–H and O–H groups in total. The molecule has 3 aliphatic rings. The molecule has 3 rings (SSSR count). The fourth-order valence-electron chi connectivity index (χ4n) is 7.63. The molecule has 4 heteroatoms. The predicted molar refractivity (Wildman–Crippen MR) is 185 cm³/mol. The highest BCUT2D eigenvalue weighted by Gasteiger charge is 2.74. The average molecular weight is 603 g/mol. The Morgan fingerprint density at radius 2 is 1.09 bits per heavy atom. The summed E-state index contributed by atoms with van der Waals surface area (Å²) in [6.45, 7) is 20.9. The quantitative estimate of drug-likeness (QED) is 0.173. The number of allylic oxidation sites excluding steroid dienone is 16. The Morgan fingerprint density at radius 1 is 0.614 bits per heavy atom. The second-order valence-corrected chi connectivity index (χ2v) is 15.3.